The van der Waals surface area contributed by atoms with Gasteiger partial charge in [-0.15, -0.1) is 11.3 Å². The molecule has 0 aliphatic heterocycles. The molecule has 0 saturated heterocycles. The van der Waals surface area contributed by atoms with Gasteiger partial charge in [-0.3, -0.25) is 0 Å². The van der Waals surface area contributed by atoms with E-state index < -0.39 is 5.97 Å². The molecule has 2 heterocycles. The van der Waals surface area contributed by atoms with E-state index in [0.717, 1.165) is 5.01 Å². The maximum absolute atomic E-state index is 11.7. The summed E-state index contributed by atoms with van der Waals surface area (Å²) in [6.45, 7) is 2.68. The number of hydrogen-bond acceptors (Lipinski definition) is 7. The van der Waals surface area contributed by atoms with Gasteiger partial charge in [-0.05, 0) is 6.07 Å². The Morgan fingerprint density at radius 3 is 3.00 bits per heavy atom. The Bertz CT molecular complexity index is 586. The lowest BCUT2D eigenvalue weighted by atomic mass is 10.2. The molecule has 0 aliphatic carbocycles. The number of hydrogen-bond donors (Lipinski definition) is 2. The molecule has 3 N–H and O–H groups in total. The molecule has 0 saturated carbocycles. The molecule has 2 rings (SSSR count). The van der Waals surface area contributed by atoms with Crippen LogP contribution in [-0.2, 0) is 4.74 Å². The van der Waals surface area contributed by atoms with Crippen LogP contribution in [0.2, 0.25) is 0 Å². The molecule has 20 heavy (non-hydrogen) atoms. The Labute approximate surface area is 121 Å². The highest BCUT2D eigenvalue weighted by Gasteiger charge is 2.15. The van der Waals surface area contributed by atoms with E-state index in [1.54, 1.807) is 23.6 Å². The molecule has 1 atom stereocenters. The van der Waals surface area contributed by atoms with Crippen molar-refractivity contribution in [1.82, 2.24) is 9.97 Å². The third-order valence-corrected chi connectivity index (χ3v) is 3.77. The topological polar surface area (TPSA) is 90.1 Å². The number of carbonyl (C=O) groups excluding carboxylic acids is 1. The van der Waals surface area contributed by atoms with Crippen molar-refractivity contribution in [3.05, 3.63) is 34.4 Å². The van der Waals surface area contributed by atoms with Crippen molar-refractivity contribution in [2.75, 3.05) is 24.7 Å². The lowest BCUT2D eigenvalue weighted by Crippen LogP contribution is -2.15. The van der Waals surface area contributed by atoms with Crippen LogP contribution in [0.5, 0.6) is 0 Å². The molecule has 0 radical (unpaired) electrons. The molecule has 2 aromatic heterocycles. The molecule has 6 nitrogen and oxygen atoms in total. The monoisotopic (exact) mass is 292 g/mol. The summed E-state index contributed by atoms with van der Waals surface area (Å²) in [6, 6.07) is 1.55. The Hall–Kier alpha value is -2.15. The second-order valence-electron chi connectivity index (χ2n) is 4.31. The van der Waals surface area contributed by atoms with Gasteiger partial charge in [0.1, 0.15) is 11.4 Å². The van der Waals surface area contributed by atoms with E-state index in [2.05, 4.69) is 22.2 Å². The lowest BCUT2D eigenvalue weighted by molar-refractivity contribution is 0.0601. The van der Waals surface area contributed by atoms with Crippen LogP contribution in [0, 0.1) is 0 Å². The predicted octanol–water partition coefficient (Wildman–Crippen LogP) is 2.12. The van der Waals surface area contributed by atoms with Gasteiger partial charge in [0.05, 0.1) is 24.0 Å². The quantitative estimate of drug-likeness (QED) is 0.820. The van der Waals surface area contributed by atoms with Crippen LogP contribution in [0.25, 0.3) is 0 Å². The van der Waals surface area contributed by atoms with Gasteiger partial charge in [0, 0.05) is 24.0 Å². The van der Waals surface area contributed by atoms with Crippen LogP contribution in [0.3, 0.4) is 0 Å². The first-order valence-electron chi connectivity index (χ1n) is 6.09. The third kappa shape index (κ3) is 3.24. The van der Waals surface area contributed by atoms with Crippen molar-refractivity contribution in [2.45, 2.75) is 12.8 Å². The summed E-state index contributed by atoms with van der Waals surface area (Å²) in [5, 5.41) is 6.12. The number of pyridine rings is 1. The van der Waals surface area contributed by atoms with Crippen molar-refractivity contribution in [3.63, 3.8) is 0 Å². The van der Waals surface area contributed by atoms with E-state index >= 15 is 0 Å². The van der Waals surface area contributed by atoms with Gasteiger partial charge in [-0.1, -0.05) is 6.92 Å². The Morgan fingerprint density at radius 1 is 1.55 bits per heavy atom. The zero-order chi connectivity index (χ0) is 14.5. The number of nitrogens with two attached hydrogens (primary N) is 1. The van der Waals surface area contributed by atoms with Crippen molar-refractivity contribution >= 4 is 28.8 Å². The van der Waals surface area contributed by atoms with Crippen LogP contribution >= 0.6 is 11.3 Å². The second-order valence-corrected chi connectivity index (χ2v) is 5.23. The van der Waals surface area contributed by atoms with Crippen LogP contribution < -0.4 is 11.1 Å². The van der Waals surface area contributed by atoms with E-state index in [1.807, 2.05) is 5.38 Å². The average Bonchev–Trinajstić information content (AvgIpc) is 2.99. The summed E-state index contributed by atoms with van der Waals surface area (Å²) in [5.74, 6) is 0.225. The van der Waals surface area contributed by atoms with Crippen LogP contribution in [0.4, 0.5) is 11.5 Å². The van der Waals surface area contributed by atoms with Gasteiger partial charge >= 0.3 is 5.97 Å². The molecule has 0 fully saturated rings. The molecule has 0 amide bonds. The first-order valence-corrected chi connectivity index (χ1v) is 6.97. The largest absolute Gasteiger partial charge is 0.465 e. The zero-order valence-electron chi connectivity index (χ0n) is 11.3. The van der Waals surface area contributed by atoms with Gasteiger partial charge in [-0.2, -0.15) is 0 Å². The summed E-state index contributed by atoms with van der Waals surface area (Å²) in [7, 11) is 1.33. The number of nitrogens with zero attached hydrogens (tertiary/aromatic N) is 2. The number of rotatable bonds is 5. The molecule has 0 aliphatic rings. The fourth-order valence-corrected chi connectivity index (χ4v) is 2.40. The van der Waals surface area contributed by atoms with Crippen molar-refractivity contribution < 1.29 is 9.53 Å². The molecule has 0 bridgehead atoms. The van der Waals surface area contributed by atoms with Crippen molar-refractivity contribution in [2.24, 2.45) is 0 Å². The van der Waals surface area contributed by atoms with Crippen LogP contribution in [-0.4, -0.2) is 29.6 Å². The van der Waals surface area contributed by atoms with Gasteiger partial charge in [-0.25, -0.2) is 14.8 Å². The normalized spacial score (nSPS) is 11.9. The number of esters is 1. The van der Waals surface area contributed by atoms with Gasteiger partial charge in [0.15, 0.2) is 0 Å². The number of thiazole rings is 1. The molecular formula is C13H16N4O2S. The summed E-state index contributed by atoms with van der Waals surface area (Å²) < 4.78 is 4.73. The van der Waals surface area contributed by atoms with Crippen LogP contribution in [0.15, 0.2) is 23.8 Å². The van der Waals surface area contributed by atoms with Gasteiger partial charge < -0.3 is 15.8 Å². The highest BCUT2D eigenvalue weighted by atomic mass is 32.1. The summed E-state index contributed by atoms with van der Waals surface area (Å²) >= 11 is 1.60. The fourth-order valence-electron chi connectivity index (χ4n) is 1.70. The summed E-state index contributed by atoms with van der Waals surface area (Å²) in [6.07, 6.45) is 3.28. The summed E-state index contributed by atoms with van der Waals surface area (Å²) in [5.41, 5.74) is 6.40. The van der Waals surface area contributed by atoms with E-state index in [9.17, 15) is 4.79 Å². The summed E-state index contributed by atoms with van der Waals surface area (Å²) in [4.78, 5) is 20.1. The van der Waals surface area contributed by atoms with Crippen molar-refractivity contribution in [1.29, 1.82) is 0 Å². The molecule has 7 heteroatoms. The third-order valence-electron chi connectivity index (χ3n) is 2.76. The molecule has 1 unspecified atom stereocenters. The standard InChI is InChI=1S/C13H16N4O2S/c1-8(12-15-3-4-20-12)6-16-11-10(13(18)19-2)5-9(14)7-17-11/h3-5,7-8H,6,14H2,1-2H3,(H,16,17). The second kappa shape index (κ2) is 6.33. The molecular weight excluding hydrogens is 276 g/mol. The van der Waals surface area contributed by atoms with Gasteiger partial charge in [0.2, 0.25) is 0 Å². The highest BCUT2D eigenvalue weighted by Crippen LogP contribution is 2.21. The number of anilines is 2. The first kappa shape index (κ1) is 14.3. The lowest BCUT2D eigenvalue weighted by Gasteiger charge is -2.13. The number of carbonyl (C=O) groups is 1. The number of nitrogens with one attached hydrogen (secondary N) is 1. The minimum atomic E-state index is -0.464. The number of ether oxygens (including phenoxy) is 1. The maximum Gasteiger partial charge on any atom is 0.341 e. The predicted molar refractivity (Wildman–Crippen MR) is 79.0 cm³/mol. The first-order chi connectivity index (χ1) is 9.61. The number of nitrogen functional groups attached to an aromatic ring is 1. The van der Waals surface area contributed by atoms with E-state index in [4.69, 9.17) is 10.5 Å². The van der Waals surface area contributed by atoms with Gasteiger partial charge in [0.25, 0.3) is 0 Å². The number of methoxy groups -OCH3 is 1. The molecule has 0 spiro atoms. The Morgan fingerprint density at radius 2 is 2.35 bits per heavy atom. The maximum atomic E-state index is 11.7. The smallest absolute Gasteiger partial charge is 0.341 e. The minimum absolute atomic E-state index is 0.222. The molecule has 0 aromatic carbocycles. The van der Waals surface area contributed by atoms with Crippen molar-refractivity contribution in [3.8, 4) is 0 Å². The minimum Gasteiger partial charge on any atom is -0.465 e. The van der Waals surface area contributed by atoms with E-state index in [1.165, 1.54) is 13.3 Å². The fraction of sp³-hybridized carbons (Fsp3) is 0.308. The zero-order valence-corrected chi connectivity index (χ0v) is 12.1. The Balaban J connectivity index is 2.11. The van der Waals surface area contributed by atoms with E-state index in [-0.39, 0.29) is 5.92 Å². The average molecular weight is 292 g/mol. The van der Waals surface area contributed by atoms with E-state index in [0.29, 0.717) is 23.6 Å². The molecule has 2 aromatic rings. The van der Waals surface area contributed by atoms with Crippen LogP contribution in [0.1, 0.15) is 28.2 Å². The number of aromatic nitrogens is 2. The molecule has 106 valence electrons. The SMILES string of the molecule is COC(=O)c1cc(N)cnc1NCC(C)c1nccs1. The highest BCUT2D eigenvalue weighted by molar-refractivity contribution is 7.09. The Kier molecular flexibility index (Phi) is 4.52.